The Morgan fingerprint density at radius 1 is 1.35 bits per heavy atom. The largest absolute Gasteiger partial charge is 0.480 e. The Labute approximate surface area is 132 Å². The van der Waals surface area contributed by atoms with Crippen LogP contribution in [0, 0.1) is 0 Å². The second kappa shape index (κ2) is 5.27. The van der Waals surface area contributed by atoms with E-state index >= 15 is 0 Å². The number of fused-ring (bicyclic) bond motifs is 2. The smallest absolute Gasteiger partial charge is 0.320 e. The number of ether oxygens (including phenoxy) is 2. The van der Waals surface area contributed by atoms with Crippen molar-refractivity contribution in [2.75, 3.05) is 13.3 Å². The van der Waals surface area contributed by atoms with E-state index in [0.717, 1.165) is 22.6 Å². The van der Waals surface area contributed by atoms with E-state index in [9.17, 15) is 9.90 Å². The van der Waals surface area contributed by atoms with Crippen molar-refractivity contribution in [2.24, 2.45) is 0 Å². The van der Waals surface area contributed by atoms with Crippen LogP contribution in [-0.2, 0) is 17.8 Å². The van der Waals surface area contributed by atoms with Crippen LogP contribution < -0.4 is 9.47 Å². The molecule has 2 aliphatic rings. The molecular weight excluding hydrogens is 300 g/mol. The number of carboxylic acids is 1. The third-order valence-corrected chi connectivity index (χ3v) is 4.41. The van der Waals surface area contributed by atoms with E-state index in [1.807, 2.05) is 23.1 Å². The zero-order chi connectivity index (χ0) is 16.0. The summed E-state index contributed by atoms with van der Waals surface area (Å²) in [5.74, 6) is 1.40. The first-order chi connectivity index (χ1) is 11.1. The molecule has 2 aromatic rings. The molecule has 0 amide bonds. The summed E-state index contributed by atoms with van der Waals surface area (Å²) in [4.78, 5) is 13.1. The lowest BCUT2D eigenvalue weighted by atomic mass is 10.00. The molecule has 4 rings (SSSR count). The summed E-state index contributed by atoms with van der Waals surface area (Å²) in [6.45, 7) is 3.08. The summed E-state index contributed by atoms with van der Waals surface area (Å²) < 4.78 is 16.2. The lowest BCUT2D eigenvalue weighted by Gasteiger charge is -2.29. The predicted octanol–water partition coefficient (Wildman–Crippen LogP) is 1.90. The van der Waals surface area contributed by atoms with Gasteiger partial charge in [0.1, 0.15) is 17.5 Å². The second-order valence-electron chi connectivity index (χ2n) is 5.74. The summed E-state index contributed by atoms with van der Waals surface area (Å²) in [6, 6.07) is 5.09. The van der Waals surface area contributed by atoms with E-state index in [1.165, 1.54) is 0 Å². The van der Waals surface area contributed by atoms with Crippen LogP contribution in [0.15, 0.2) is 22.7 Å². The van der Waals surface area contributed by atoms with Crippen LogP contribution >= 0.6 is 0 Å². The fourth-order valence-electron chi connectivity index (χ4n) is 2.99. The predicted molar refractivity (Wildman–Crippen MR) is 79.3 cm³/mol. The molecule has 23 heavy (non-hydrogen) atoms. The minimum Gasteiger partial charge on any atom is -0.480 e. The van der Waals surface area contributed by atoms with Gasteiger partial charge < -0.3 is 19.1 Å². The van der Waals surface area contributed by atoms with Gasteiger partial charge in [-0.05, 0) is 25.1 Å². The lowest BCUT2D eigenvalue weighted by molar-refractivity contribution is -0.143. The normalized spacial score (nSPS) is 17.8. The van der Waals surface area contributed by atoms with Gasteiger partial charge in [-0.1, -0.05) is 5.16 Å². The molecule has 0 saturated heterocycles. The van der Waals surface area contributed by atoms with Gasteiger partial charge in [0.05, 0.1) is 0 Å². The van der Waals surface area contributed by atoms with Gasteiger partial charge >= 0.3 is 5.97 Å². The monoisotopic (exact) mass is 316 g/mol. The van der Waals surface area contributed by atoms with E-state index in [2.05, 4.69) is 5.16 Å². The zero-order valence-electron chi connectivity index (χ0n) is 12.6. The molecule has 7 nitrogen and oxygen atoms in total. The number of hydrogen-bond acceptors (Lipinski definition) is 6. The van der Waals surface area contributed by atoms with Crippen molar-refractivity contribution >= 4 is 5.97 Å². The third-order valence-electron chi connectivity index (χ3n) is 4.41. The summed E-state index contributed by atoms with van der Waals surface area (Å²) in [7, 11) is 0. The van der Waals surface area contributed by atoms with E-state index in [4.69, 9.17) is 14.0 Å². The van der Waals surface area contributed by atoms with E-state index in [-0.39, 0.29) is 6.79 Å². The average molecular weight is 316 g/mol. The standard InChI is InChI=1S/C16H16N2O5/c1-9(16(19)20)18-5-4-12-11(7-18)15(17-23-12)10-2-3-13-14(6-10)22-8-21-13/h2-3,6,9H,4-5,7-8H2,1H3,(H,19,20)/t9-/m1/s1. The molecule has 0 bridgehead atoms. The number of carbonyl (C=O) groups is 1. The number of aromatic nitrogens is 1. The van der Waals surface area contributed by atoms with E-state index in [0.29, 0.717) is 31.0 Å². The van der Waals surface area contributed by atoms with Crippen molar-refractivity contribution in [1.82, 2.24) is 10.1 Å². The summed E-state index contributed by atoms with van der Waals surface area (Å²) >= 11 is 0. The Bertz CT molecular complexity index is 770. The molecule has 0 spiro atoms. The highest BCUT2D eigenvalue weighted by Gasteiger charge is 2.30. The first kappa shape index (κ1) is 14.1. The van der Waals surface area contributed by atoms with Crippen LogP contribution in [-0.4, -0.2) is 40.5 Å². The Balaban J connectivity index is 1.68. The number of benzene rings is 1. The van der Waals surface area contributed by atoms with Crippen molar-refractivity contribution < 1.29 is 23.9 Å². The Hall–Kier alpha value is -2.54. The summed E-state index contributed by atoms with van der Waals surface area (Å²) in [5, 5.41) is 13.4. The molecule has 0 saturated carbocycles. The van der Waals surface area contributed by atoms with Crippen LogP contribution in [0.5, 0.6) is 11.5 Å². The summed E-state index contributed by atoms with van der Waals surface area (Å²) in [5.41, 5.74) is 2.56. The van der Waals surface area contributed by atoms with Gasteiger partial charge in [-0.25, -0.2) is 0 Å². The molecule has 1 atom stereocenters. The molecule has 120 valence electrons. The first-order valence-corrected chi connectivity index (χ1v) is 7.48. The number of nitrogens with zero attached hydrogens (tertiary/aromatic N) is 2. The maximum Gasteiger partial charge on any atom is 0.320 e. The van der Waals surface area contributed by atoms with Crippen molar-refractivity contribution in [3.8, 4) is 22.8 Å². The Kier molecular flexibility index (Phi) is 3.23. The van der Waals surface area contributed by atoms with Gasteiger partial charge in [0.25, 0.3) is 0 Å². The van der Waals surface area contributed by atoms with Gasteiger partial charge in [0, 0.05) is 30.6 Å². The third kappa shape index (κ3) is 2.33. The minimum atomic E-state index is -0.825. The molecule has 0 unspecified atom stereocenters. The minimum absolute atomic E-state index is 0.222. The Morgan fingerprint density at radius 2 is 2.17 bits per heavy atom. The van der Waals surface area contributed by atoms with Crippen molar-refractivity contribution in [3.63, 3.8) is 0 Å². The van der Waals surface area contributed by atoms with Crippen LogP contribution in [0.4, 0.5) is 0 Å². The summed E-state index contributed by atoms with van der Waals surface area (Å²) in [6.07, 6.45) is 0.657. The fraction of sp³-hybridized carbons (Fsp3) is 0.375. The first-order valence-electron chi connectivity index (χ1n) is 7.48. The highest BCUT2D eigenvalue weighted by molar-refractivity contribution is 5.73. The maximum atomic E-state index is 11.2. The maximum absolute atomic E-state index is 11.2. The van der Waals surface area contributed by atoms with E-state index in [1.54, 1.807) is 6.92 Å². The van der Waals surface area contributed by atoms with E-state index < -0.39 is 12.0 Å². The molecule has 2 aliphatic heterocycles. The molecule has 1 aromatic carbocycles. The van der Waals surface area contributed by atoms with Crippen LogP contribution in [0.3, 0.4) is 0 Å². The average Bonchev–Trinajstić information content (AvgIpc) is 3.18. The molecular formula is C16H16N2O5. The molecule has 1 aromatic heterocycles. The van der Waals surface area contributed by atoms with Gasteiger partial charge in [-0.15, -0.1) is 0 Å². The zero-order valence-corrected chi connectivity index (χ0v) is 12.6. The molecule has 3 heterocycles. The van der Waals surface area contributed by atoms with Crippen molar-refractivity contribution in [2.45, 2.75) is 25.9 Å². The van der Waals surface area contributed by atoms with Crippen LogP contribution in [0.1, 0.15) is 18.2 Å². The fourth-order valence-corrected chi connectivity index (χ4v) is 2.99. The highest BCUT2D eigenvalue weighted by Crippen LogP contribution is 2.38. The number of rotatable bonds is 3. The molecule has 7 heteroatoms. The SMILES string of the molecule is C[C@H](C(=O)O)N1CCc2onc(-c3ccc4c(c3)OCO4)c2C1. The molecule has 0 fully saturated rings. The van der Waals surface area contributed by atoms with Crippen LogP contribution in [0.2, 0.25) is 0 Å². The van der Waals surface area contributed by atoms with Gasteiger partial charge in [-0.2, -0.15) is 0 Å². The topological polar surface area (TPSA) is 85.0 Å². The number of carboxylic acid groups (broad SMARTS) is 1. The van der Waals surface area contributed by atoms with Gasteiger partial charge in [0.15, 0.2) is 11.5 Å². The van der Waals surface area contributed by atoms with Crippen LogP contribution in [0.25, 0.3) is 11.3 Å². The molecule has 0 radical (unpaired) electrons. The number of aliphatic carboxylic acids is 1. The number of hydrogen-bond donors (Lipinski definition) is 1. The van der Waals surface area contributed by atoms with Crippen molar-refractivity contribution in [1.29, 1.82) is 0 Å². The van der Waals surface area contributed by atoms with Crippen molar-refractivity contribution in [3.05, 3.63) is 29.5 Å². The lowest BCUT2D eigenvalue weighted by Crippen LogP contribution is -2.41. The van der Waals surface area contributed by atoms with Gasteiger partial charge in [-0.3, -0.25) is 9.69 Å². The second-order valence-corrected chi connectivity index (χ2v) is 5.74. The van der Waals surface area contributed by atoms with Gasteiger partial charge in [0.2, 0.25) is 6.79 Å². The highest BCUT2D eigenvalue weighted by atomic mass is 16.7. The molecule has 0 aliphatic carbocycles. The Morgan fingerprint density at radius 3 is 3.00 bits per heavy atom. The quantitative estimate of drug-likeness (QED) is 0.925. The molecule has 1 N–H and O–H groups in total.